The van der Waals surface area contributed by atoms with Crippen LogP contribution < -0.4 is 20.7 Å². The zero-order valence-electron chi connectivity index (χ0n) is 21.9. The molecule has 6 heterocycles. The van der Waals surface area contributed by atoms with Crippen LogP contribution >= 0.6 is 0 Å². The molecule has 0 radical (unpaired) electrons. The molecular weight excluding hydrogens is 490 g/mol. The van der Waals surface area contributed by atoms with Gasteiger partial charge in [0.1, 0.15) is 18.6 Å². The Morgan fingerprint density at radius 1 is 1.21 bits per heavy atom. The molecule has 0 amide bonds. The maximum absolute atomic E-state index is 15.0. The van der Waals surface area contributed by atoms with Crippen LogP contribution in [0.15, 0.2) is 12.1 Å². The number of aromatic nitrogens is 2. The second-order valence-electron chi connectivity index (χ2n) is 11.9. The summed E-state index contributed by atoms with van der Waals surface area (Å²) in [7, 11) is 0. The third-order valence-corrected chi connectivity index (χ3v) is 9.23. The highest BCUT2D eigenvalue weighted by molar-refractivity contribution is 5.53. The summed E-state index contributed by atoms with van der Waals surface area (Å²) >= 11 is 0. The lowest BCUT2D eigenvalue weighted by molar-refractivity contribution is 0.0232. The van der Waals surface area contributed by atoms with Crippen LogP contribution in [0.1, 0.15) is 60.6 Å². The molecule has 8 nitrogen and oxygen atoms in total. The Hall–Kier alpha value is -2.56. The van der Waals surface area contributed by atoms with Gasteiger partial charge in [-0.25, -0.2) is 8.78 Å². The number of nitrogens with zero attached hydrogens (tertiary/aromatic N) is 4. The van der Waals surface area contributed by atoms with Gasteiger partial charge in [-0.15, -0.1) is 0 Å². The SMILES string of the molecule is Cc1cc(N)c(F)c(C2Cc3nc(OCC45CCCN4CC(F)C5)nc(N4CC5CCC(C4)N5)c3CO2)c1. The molecule has 38 heavy (non-hydrogen) atoms. The van der Waals surface area contributed by atoms with E-state index in [2.05, 4.69) is 15.1 Å². The molecule has 3 N–H and O–H groups in total. The first-order valence-electron chi connectivity index (χ1n) is 14.0. The van der Waals surface area contributed by atoms with E-state index in [9.17, 15) is 4.39 Å². The Kier molecular flexibility index (Phi) is 5.97. The first kappa shape index (κ1) is 24.5. The largest absolute Gasteiger partial charge is 0.461 e. The molecule has 5 unspecified atom stereocenters. The van der Waals surface area contributed by atoms with Gasteiger partial charge >= 0.3 is 6.01 Å². The van der Waals surface area contributed by atoms with Gasteiger partial charge in [0.2, 0.25) is 0 Å². The maximum atomic E-state index is 15.0. The monoisotopic (exact) mass is 526 g/mol. The van der Waals surface area contributed by atoms with Crippen molar-refractivity contribution in [3.63, 3.8) is 0 Å². The average molecular weight is 527 g/mol. The molecule has 0 spiro atoms. The fourth-order valence-corrected chi connectivity index (χ4v) is 7.43. The number of nitrogens with one attached hydrogen (secondary N) is 1. The average Bonchev–Trinajstić information content (AvgIpc) is 3.54. The minimum absolute atomic E-state index is 0.126. The van der Waals surface area contributed by atoms with Gasteiger partial charge in [-0.2, -0.15) is 9.97 Å². The van der Waals surface area contributed by atoms with Gasteiger partial charge < -0.3 is 25.4 Å². The van der Waals surface area contributed by atoms with Crippen molar-refractivity contribution in [2.45, 2.75) is 82.0 Å². The molecule has 10 heteroatoms. The summed E-state index contributed by atoms with van der Waals surface area (Å²) in [6, 6.07) is 4.64. The number of hydrogen-bond acceptors (Lipinski definition) is 8. The predicted molar refractivity (Wildman–Crippen MR) is 140 cm³/mol. The van der Waals surface area contributed by atoms with E-state index < -0.39 is 18.1 Å². The Balaban J connectivity index is 1.21. The minimum atomic E-state index is -0.815. The summed E-state index contributed by atoms with van der Waals surface area (Å²) in [5.41, 5.74) is 8.89. The number of ether oxygens (including phenoxy) is 2. The zero-order chi connectivity index (χ0) is 26.0. The van der Waals surface area contributed by atoms with E-state index in [4.69, 9.17) is 25.2 Å². The van der Waals surface area contributed by atoms with Crippen LogP contribution in [-0.2, 0) is 17.8 Å². The number of nitrogen functional groups attached to an aromatic ring is 1. The van der Waals surface area contributed by atoms with Crippen molar-refractivity contribution in [1.82, 2.24) is 20.2 Å². The molecule has 204 valence electrons. The Bertz CT molecular complexity index is 1230. The topological polar surface area (TPSA) is 88.8 Å². The molecular formula is C28H36F2N6O2. The van der Waals surface area contributed by atoms with E-state index in [0.717, 1.165) is 68.0 Å². The third kappa shape index (κ3) is 4.21. The van der Waals surface area contributed by atoms with Crippen molar-refractivity contribution in [1.29, 1.82) is 0 Å². The van der Waals surface area contributed by atoms with Gasteiger partial charge in [0, 0.05) is 55.7 Å². The third-order valence-electron chi connectivity index (χ3n) is 9.23. The van der Waals surface area contributed by atoms with Crippen molar-refractivity contribution >= 4 is 11.5 Å². The van der Waals surface area contributed by atoms with Crippen LogP contribution in [0.2, 0.25) is 0 Å². The number of alkyl halides is 1. The predicted octanol–water partition coefficient (Wildman–Crippen LogP) is 3.22. The normalized spacial score (nSPS) is 32.4. The highest BCUT2D eigenvalue weighted by Crippen LogP contribution is 2.41. The van der Waals surface area contributed by atoms with Crippen LogP contribution in [0, 0.1) is 12.7 Å². The minimum Gasteiger partial charge on any atom is -0.461 e. The number of halogens is 2. The Labute approximate surface area is 221 Å². The first-order chi connectivity index (χ1) is 18.4. The van der Waals surface area contributed by atoms with Gasteiger partial charge in [-0.05, 0) is 50.8 Å². The molecule has 0 aliphatic carbocycles. The molecule has 5 aliphatic heterocycles. The quantitative estimate of drug-likeness (QED) is 0.575. The highest BCUT2D eigenvalue weighted by Gasteiger charge is 2.49. The number of nitrogens with two attached hydrogens (primary N) is 1. The molecule has 5 aliphatic rings. The van der Waals surface area contributed by atoms with Crippen molar-refractivity contribution < 1.29 is 18.3 Å². The van der Waals surface area contributed by atoms with Crippen molar-refractivity contribution in [3.8, 4) is 6.01 Å². The fourth-order valence-electron chi connectivity index (χ4n) is 7.43. The van der Waals surface area contributed by atoms with Crippen LogP contribution in [-0.4, -0.2) is 71.4 Å². The summed E-state index contributed by atoms with van der Waals surface area (Å²) in [5, 5.41) is 3.68. The summed E-state index contributed by atoms with van der Waals surface area (Å²) in [5.74, 6) is 0.414. The van der Waals surface area contributed by atoms with E-state index in [0.29, 0.717) is 56.3 Å². The molecule has 2 bridgehead atoms. The van der Waals surface area contributed by atoms with Crippen molar-refractivity contribution in [3.05, 3.63) is 40.3 Å². The number of hydrogen-bond donors (Lipinski definition) is 2. The number of fused-ring (bicyclic) bond motifs is 4. The standard InChI is InChI=1S/C28H36F2N6O2/c1-16-7-20(25(30)22(31)8-16)24-9-23-21(14-37-24)26(35-12-18-3-4-19(13-35)32-18)34-27(33-23)38-15-28-5-2-6-36(28)11-17(29)10-28/h7-8,17-19,24,32H,2-6,9-15,31H2,1H3. The van der Waals surface area contributed by atoms with Crippen molar-refractivity contribution in [2.75, 3.05) is 43.4 Å². The van der Waals surface area contributed by atoms with Crippen LogP contribution in [0.4, 0.5) is 20.3 Å². The fraction of sp³-hybridized carbons (Fsp3) is 0.643. The smallest absolute Gasteiger partial charge is 0.318 e. The van der Waals surface area contributed by atoms with Gasteiger partial charge in [0.25, 0.3) is 0 Å². The van der Waals surface area contributed by atoms with E-state index in [1.807, 2.05) is 6.92 Å². The summed E-state index contributed by atoms with van der Waals surface area (Å²) in [6.07, 6.45) is 3.90. The van der Waals surface area contributed by atoms with E-state index in [1.54, 1.807) is 12.1 Å². The molecule has 4 saturated heterocycles. The lowest BCUT2D eigenvalue weighted by Crippen LogP contribution is -2.52. The number of piperazine rings is 1. The molecule has 5 atom stereocenters. The van der Waals surface area contributed by atoms with E-state index in [1.165, 1.54) is 0 Å². The molecule has 2 aromatic rings. The van der Waals surface area contributed by atoms with Crippen LogP contribution in [0.25, 0.3) is 0 Å². The molecule has 7 rings (SSSR count). The molecule has 4 fully saturated rings. The summed E-state index contributed by atoms with van der Waals surface area (Å²) in [6.45, 7) is 5.70. The lowest BCUT2D eigenvalue weighted by atomic mass is 9.95. The first-order valence-corrected chi connectivity index (χ1v) is 14.0. The maximum Gasteiger partial charge on any atom is 0.318 e. The lowest BCUT2D eigenvalue weighted by Gasteiger charge is -2.37. The molecule has 1 aromatic heterocycles. The van der Waals surface area contributed by atoms with Crippen molar-refractivity contribution in [2.24, 2.45) is 0 Å². The summed E-state index contributed by atoms with van der Waals surface area (Å²) < 4.78 is 41.9. The molecule has 1 aromatic carbocycles. The van der Waals surface area contributed by atoms with Crippen LogP contribution in [0.5, 0.6) is 6.01 Å². The number of aryl methyl sites for hydroxylation is 1. The number of anilines is 2. The number of benzene rings is 1. The Morgan fingerprint density at radius 2 is 2.03 bits per heavy atom. The zero-order valence-corrected chi connectivity index (χ0v) is 21.9. The van der Waals surface area contributed by atoms with E-state index >= 15 is 4.39 Å². The second-order valence-corrected chi connectivity index (χ2v) is 11.9. The van der Waals surface area contributed by atoms with Gasteiger partial charge in [0.05, 0.1) is 29.6 Å². The highest BCUT2D eigenvalue weighted by atomic mass is 19.1. The van der Waals surface area contributed by atoms with E-state index in [-0.39, 0.29) is 11.2 Å². The Morgan fingerprint density at radius 3 is 2.84 bits per heavy atom. The molecule has 0 saturated carbocycles. The number of rotatable bonds is 5. The second kappa shape index (κ2) is 9.27. The van der Waals surface area contributed by atoms with Crippen LogP contribution in [0.3, 0.4) is 0 Å². The van der Waals surface area contributed by atoms with Gasteiger partial charge in [-0.1, -0.05) is 6.07 Å². The summed E-state index contributed by atoms with van der Waals surface area (Å²) in [4.78, 5) is 14.3. The van der Waals surface area contributed by atoms with Gasteiger partial charge in [-0.3, -0.25) is 4.90 Å². The van der Waals surface area contributed by atoms with Gasteiger partial charge in [0.15, 0.2) is 5.82 Å².